The van der Waals surface area contributed by atoms with Gasteiger partial charge in [0.25, 0.3) is 5.56 Å². The molecule has 0 aliphatic rings. The highest BCUT2D eigenvalue weighted by Crippen LogP contribution is 2.05. The molecular formula is C23H34N4O6. The number of anilines is 1. The van der Waals surface area contributed by atoms with E-state index in [1.807, 2.05) is 13.8 Å². The molecule has 0 fully saturated rings. The minimum absolute atomic E-state index is 0.00496. The lowest BCUT2D eigenvalue weighted by atomic mass is 10.1. The summed E-state index contributed by atoms with van der Waals surface area (Å²) in [6, 6.07) is 2.06. The first-order valence-electron chi connectivity index (χ1n) is 11.0. The highest BCUT2D eigenvalue weighted by atomic mass is 16.5. The zero-order valence-electron chi connectivity index (χ0n) is 19.7. The summed E-state index contributed by atoms with van der Waals surface area (Å²) >= 11 is 0. The van der Waals surface area contributed by atoms with Crippen molar-refractivity contribution in [3.8, 4) is 0 Å². The third-order valence-electron chi connectivity index (χ3n) is 4.79. The molecule has 10 heteroatoms. The number of ether oxygens (including phenoxy) is 1. The molecule has 3 N–H and O–H groups in total. The van der Waals surface area contributed by atoms with Crippen LogP contribution in [0.3, 0.4) is 0 Å². The van der Waals surface area contributed by atoms with Gasteiger partial charge in [-0.15, -0.1) is 0 Å². The van der Waals surface area contributed by atoms with Gasteiger partial charge in [0.15, 0.2) is 0 Å². The summed E-state index contributed by atoms with van der Waals surface area (Å²) in [6.45, 7) is 7.62. The van der Waals surface area contributed by atoms with Crippen LogP contribution in [-0.2, 0) is 30.5 Å². The van der Waals surface area contributed by atoms with Crippen molar-refractivity contribution in [1.29, 1.82) is 0 Å². The van der Waals surface area contributed by atoms with Crippen LogP contribution in [0.15, 0.2) is 35.3 Å². The first-order chi connectivity index (χ1) is 15.7. The SMILES string of the molecule is CCOC(=O)/C=C/CCC(NC(C)=O)C(=O)Nc1cccn(CC(=O)NCC(C)CC)c1=O. The van der Waals surface area contributed by atoms with Crippen LogP contribution in [0.4, 0.5) is 5.69 Å². The van der Waals surface area contributed by atoms with Crippen LogP contribution in [0, 0.1) is 5.92 Å². The predicted molar refractivity (Wildman–Crippen MR) is 124 cm³/mol. The van der Waals surface area contributed by atoms with Crippen LogP contribution in [0.5, 0.6) is 0 Å². The van der Waals surface area contributed by atoms with Gasteiger partial charge < -0.3 is 25.3 Å². The second-order valence-corrected chi connectivity index (χ2v) is 7.65. The molecule has 0 radical (unpaired) electrons. The van der Waals surface area contributed by atoms with E-state index in [1.54, 1.807) is 19.1 Å². The van der Waals surface area contributed by atoms with Crippen LogP contribution in [0.2, 0.25) is 0 Å². The number of pyridine rings is 1. The zero-order chi connectivity index (χ0) is 24.8. The summed E-state index contributed by atoms with van der Waals surface area (Å²) < 4.78 is 5.99. The Balaban J connectivity index is 2.81. The van der Waals surface area contributed by atoms with E-state index in [9.17, 15) is 24.0 Å². The monoisotopic (exact) mass is 462 g/mol. The fourth-order valence-corrected chi connectivity index (χ4v) is 2.77. The molecule has 1 rings (SSSR count). The Bertz CT molecular complexity index is 908. The highest BCUT2D eigenvalue weighted by molar-refractivity contribution is 5.96. The second kappa shape index (κ2) is 14.6. The minimum Gasteiger partial charge on any atom is -0.463 e. The lowest BCUT2D eigenvalue weighted by molar-refractivity contribution is -0.137. The number of hydrogen-bond donors (Lipinski definition) is 3. The van der Waals surface area contributed by atoms with Gasteiger partial charge in [0.2, 0.25) is 17.7 Å². The number of nitrogens with one attached hydrogen (secondary N) is 3. The second-order valence-electron chi connectivity index (χ2n) is 7.65. The van der Waals surface area contributed by atoms with Crippen molar-refractivity contribution >= 4 is 29.4 Å². The van der Waals surface area contributed by atoms with Gasteiger partial charge in [0, 0.05) is 25.7 Å². The molecule has 0 aliphatic carbocycles. The van der Waals surface area contributed by atoms with Crippen molar-refractivity contribution in [2.75, 3.05) is 18.5 Å². The molecule has 2 unspecified atom stereocenters. The Hall–Kier alpha value is -3.43. The van der Waals surface area contributed by atoms with Crippen molar-refractivity contribution in [2.24, 2.45) is 5.92 Å². The molecule has 3 amide bonds. The maximum atomic E-state index is 12.7. The van der Waals surface area contributed by atoms with Crippen LogP contribution >= 0.6 is 0 Å². The van der Waals surface area contributed by atoms with Gasteiger partial charge in [-0.05, 0) is 37.8 Å². The van der Waals surface area contributed by atoms with Gasteiger partial charge in [-0.2, -0.15) is 0 Å². The fourth-order valence-electron chi connectivity index (χ4n) is 2.77. The molecule has 1 heterocycles. The summed E-state index contributed by atoms with van der Waals surface area (Å²) in [5.41, 5.74) is -0.539. The van der Waals surface area contributed by atoms with Gasteiger partial charge in [-0.1, -0.05) is 26.3 Å². The minimum atomic E-state index is -0.916. The quantitative estimate of drug-likeness (QED) is 0.299. The fraction of sp³-hybridized carbons (Fsp3) is 0.522. The van der Waals surface area contributed by atoms with Crippen LogP contribution in [-0.4, -0.2) is 47.5 Å². The molecule has 10 nitrogen and oxygen atoms in total. The number of allylic oxidation sites excluding steroid dienone is 1. The van der Waals surface area contributed by atoms with Crippen molar-refractivity contribution in [3.05, 3.63) is 40.8 Å². The Labute approximate surface area is 193 Å². The first-order valence-corrected chi connectivity index (χ1v) is 11.0. The average Bonchev–Trinajstić information content (AvgIpc) is 2.76. The number of aromatic nitrogens is 1. The summed E-state index contributed by atoms with van der Waals surface area (Å²) in [6.07, 6.45) is 5.73. The summed E-state index contributed by atoms with van der Waals surface area (Å²) in [7, 11) is 0. The molecule has 0 aliphatic heterocycles. The standard InChI is InChI=1S/C23H34N4O6/c1-5-16(3)14-24-20(29)15-27-13-9-11-19(23(27)32)26-22(31)18(25-17(4)28)10-7-8-12-21(30)33-6-2/h8-9,11-13,16,18H,5-7,10,14-15H2,1-4H3,(H,24,29)(H,25,28)(H,26,31)/b12-8+. The van der Waals surface area contributed by atoms with Crippen molar-refractivity contribution in [3.63, 3.8) is 0 Å². The molecule has 33 heavy (non-hydrogen) atoms. The summed E-state index contributed by atoms with van der Waals surface area (Å²) in [5.74, 6) is -1.45. The lowest BCUT2D eigenvalue weighted by Gasteiger charge is -2.17. The molecule has 0 spiro atoms. The van der Waals surface area contributed by atoms with Crippen molar-refractivity contribution < 1.29 is 23.9 Å². The largest absolute Gasteiger partial charge is 0.463 e. The van der Waals surface area contributed by atoms with E-state index in [2.05, 4.69) is 16.0 Å². The molecule has 182 valence electrons. The third kappa shape index (κ3) is 10.6. The van der Waals surface area contributed by atoms with E-state index < -0.39 is 29.4 Å². The van der Waals surface area contributed by atoms with E-state index in [4.69, 9.17) is 4.74 Å². The van der Waals surface area contributed by atoms with Gasteiger partial charge >= 0.3 is 5.97 Å². The Morgan fingerprint density at radius 2 is 1.94 bits per heavy atom. The number of esters is 1. The van der Waals surface area contributed by atoms with Crippen LogP contribution < -0.4 is 21.5 Å². The number of carbonyl (C=O) groups is 4. The number of carbonyl (C=O) groups excluding carboxylic acids is 4. The molecular weight excluding hydrogens is 428 g/mol. The van der Waals surface area contributed by atoms with Gasteiger partial charge in [-0.3, -0.25) is 19.2 Å². The van der Waals surface area contributed by atoms with E-state index in [1.165, 1.54) is 29.8 Å². The number of nitrogens with zero attached hydrogens (tertiary/aromatic N) is 1. The Kier molecular flexibility index (Phi) is 12.2. The maximum absolute atomic E-state index is 12.7. The smallest absolute Gasteiger partial charge is 0.330 e. The topological polar surface area (TPSA) is 136 Å². The van der Waals surface area contributed by atoms with E-state index >= 15 is 0 Å². The van der Waals surface area contributed by atoms with Gasteiger partial charge in [0.05, 0.1) is 6.61 Å². The molecule has 0 aromatic carbocycles. The van der Waals surface area contributed by atoms with Crippen molar-refractivity contribution in [1.82, 2.24) is 15.2 Å². The zero-order valence-corrected chi connectivity index (χ0v) is 19.7. The Morgan fingerprint density at radius 3 is 2.58 bits per heavy atom. The number of rotatable bonds is 13. The van der Waals surface area contributed by atoms with E-state index in [0.717, 1.165) is 6.42 Å². The van der Waals surface area contributed by atoms with E-state index in [-0.39, 0.29) is 31.2 Å². The molecule has 0 bridgehead atoms. The molecule has 1 aromatic rings. The lowest BCUT2D eigenvalue weighted by Crippen LogP contribution is -2.44. The molecule has 0 saturated heterocycles. The van der Waals surface area contributed by atoms with E-state index in [0.29, 0.717) is 18.9 Å². The van der Waals surface area contributed by atoms with Crippen molar-refractivity contribution in [2.45, 2.75) is 59.5 Å². The first kappa shape index (κ1) is 27.6. The summed E-state index contributed by atoms with van der Waals surface area (Å²) in [4.78, 5) is 60.4. The van der Waals surface area contributed by atoms with Crippen LogP contribution in [0.1, 0.15) is 47.0 Å². The van der Waals surface area contributed by atoms with Gasteiger partial charge in [0.1, 0.15) is 18.3 Å². The average molecular weight is 463 g/mol. The maximum Gasteiger partial charge on any atom is 0.330 e. The highest BCUT2D eigenvalue weighted by Gasteiger charge is 2.20. The normalized spacial score (nSPS) is 12.6. The molecule has 2 atom stereocenters. The Morgan fingerprint density at radius 1 is 1.21 bits per heavy atom. The van der Waals surface area contributed by atoms with Gasteiger partial charge in [-0.25, -0.2) is 4.79 Å². The number of amides is 3. The molecule has 0 saturated carbocycles. The predicted octanol–water partition coefficient (Wildman–Crippen LogP) is 1.35. The van der Waals surface area contributed by atoms with Crippen LogP contribution in [0.25, 0.3) is 0 Å². The third-order valence-corrected chi connectivity index (χ3v) is 4.79. The number of hydrogen-bond acceptors (Lipinski definition) is 6. The molecule has 1 aromatic heterocycles. The summed E-state index contributed by atoms with van der Waals surface area (Å²) in [5, 5.41) is 7.84.